The molecule has 0 aliphatic carbocycles. The van der Waals surface area contributed by atoms with Crippen molar-refractivity contribution < 1.29 is 13.5 Å². The Kier molecular flexibility index (Phi) is 4.90. The number of rotatable bonds is 4. The second kappa shape index (κ2) is 6.65. The average molecular weight is 429 g/mol. The van der Waals surface area contributed by atoms with Crippen LogP contribution in [0.15, 0.2) is 28.0 Å². The van der Waals surface area contributed by atoms with E-state index in [2.05, 4.69) is 21.3 Å². The van der Waals surface area contributed by atoms with Gasteiger partial charge in [-0.15, -0.1) is 11.3 Å². The van der Waals surface area contributed by atoms with Crippen LogP contribution in [0.4, 0.5) is 0 Å². The Balaban J connectivity index is 1.90. The zero-order chi connectivity index (χ0) is 20.0. The van der Waals surface area contributed by atoms with E-state index in [4.69, 9.17) is 21.9 Å². The van der Waals surface area contributed by atoms with Gasteiger partial charge in [-0.25, -0.2) is 0 Å². The highest BCUT2D eigenvalue weighted by atomic mass is 35.5. The minimum Gasteiger partial charge on any atom is -0.386 e. The fraction of sp³-hybridized carbons (Fsp3) is 0.412. The fourth-order valence-electron chi connectivity index (χ4n) is 2.81. The Labute approximate surface area is 167 Å². The van der Waals surface area contributed by atoms with Crippen LogP contribution in [0.2, 0.25) is 5.02 Å². The van der Waals surface area contributed by atoms with E-state index in [1.165, 1.54) is 23.8 Å². The standard InChI is InChI=1S/C17H21ClN4O3S2/c1-16(2)15(19)22-17(3,9-27(16,4)24)13-11(18)5-12(26-13)14(23)20-6-10-7-21-25-8-10/h5,7-8H,4,6,9H2,1-3H3,(H2,19,22)(H,20,23)/t17-,27?/m0/s1. The third kappa shape index (κ3) is 3.51. The molecule has 0 aromatic carbocycles. The van der Waals surface area contributed by atoms with Gasteiger partial charge in [0.25, 0.3) is 5.91 Å². The smallest absolute Gasteiger partial charge is 0.261 e. The molecule has 3 heterocycles. The Morgan fingerprint density at radius 3 is 2.81 bits per heavy atom. The third-order valence-electron chi connectivity index (χ3n) is 4.76. The number of nitrogens with zero attached hydrogens (tertiary/aromatic N) is 2. The highest BCUT2D eigenvalue weighted by molar-refractivity contribution is 8.02. The molecule has 10 heteroatoms. The van der Waals surface area contributed by atoms with Crippen molar-refractivity contribution in [2.75, 3.05) is 5.75 Å². The quantitative estimate of drug-likeness (QED) is 0.726. The maximum atomic E-state index is 13.1. The summed E-state index contributed by atoms with van der Waals surface area (Å²) in [7, 11) is -2.56. The Morgan fingerprint density at radius 1 is 1.52 bits per heavy atom. The topological polar surface area (TPSA) is 111 Å². The van der Waals surface area contributed by atoms with Crippen LogP contribution in [-0.4, -0.2) is 37.5 Å². The van der Waals surface area contributed by atoms with Crippen molar-refractivity contribution in [1.29, 1.82) is 0 Å². The van der Waals surface area contributed by atoms with Crippen molar-refractivity contribution in [3.8, 4) is 0 Å². The van der Waals surface area contributed by atoms with Crippen LogP contribution in [0.5, 0.6) is 0 Å². The first-order valence-electron chi connectivity index (χ1n) is 8.13. The van der Waals surface area contributed by atoms with E-state index in [9.17, 15) is 9.00 Å². The summed E-state index contributed by atoms with van der Waals surface area (Å²) in [5.74, 6) is 4.12. The summed E-state index contributed by atoms with van der Waals surface area (Å²) in [6, 6.07) is 1.59. The first kappa shape index (κ1) is 19.9. The van der Waals surface area contributed by atoms with Gasteiger partial charge in [0.2, 0.25) is 0 Å². The number of halogens is 1. The molecule has 146 valence electrons. The number of aromatic nitrogens is 1. The second-order valence-corrected chi connectivity index (χ2v) is 11.6. The van der Waals surface area contributed by atoms with Crippen LogP contribution in [0.1, 0.15) is 40.9 Å². The number of hydrogen-bond donors (Lipinski definition) is 2. The number of hydrogen-bond acceptors (Lipinski definition) is 7. The van der Waals surface area contributed by atoms with Crippen molar-refractivity contribution in [3.05, 3.63) is 38.9 Å². The molecule has 7 nitrogen and oxygen atoms in total. The summed E-state index contributed by atoms with van der Waals surface area (Å²) in [4.78, 5) is 18.1. The van der Waals surface area contributed by atoms with Crippen molar-refractivity contribution in [2.45, 2.75) is 37.6 Å². The molecule has 0 bridgehead atoms. The molecule has 1 aliphatic heterocycles. The van der Waals surface area contributed by atoms with Gasteiger partial charge in [0, 0.05) is 17.9 Å². The third-order valence-corrected chi connectivity index (χ3v) is 9.66. The lowest BCUT2D eigenvalue weighted by atomic mass is 10.0. The molecule has 3 rings (SSSR count). The summed E-state index contributed by atoms with van der Waals surface area (Å²) >= 11 is 7.62. The summed E-state index contributed by atoms with van der Waals surface area (Å²) in [6.45, 7) is 5.66. The van der Waals surface area contributed by atoms with Gasteiger partial charge in [0.05, 0.1) is 25.7 Å². The largest absolute Gasteiger partial charge is 0.386 e. The maximum Gasteiger partial charge on any atom is 0.261 e. The Morgan fingerprint density at radius 2 is 2.22 bits per heavy atom. The van der Waals surface area contributed by atoms with Crippen molar-refractivity contribution in [2.24, 2.45) is 10.7 Å². The van der Waals surface area contributed by atoms with Crippen LogP contribution >= 0.6 is 22.9 Å². The lowest BCUT2D eigenvalue weighted by Crippen LogP contribution is -2.54. The molecule has 1 unspecified atom stereocenters. The van der Waals surface area contributed by atoms with E-state index in [0.29, 0.717) is 14.8 Å². The van der Waals surface area contributed by atoms with Gasteiger partial charge in [0.1, 0.15) is 17.6 Å². The fourth-order valence-corrected chi connectivity index (χ4v) is 6.35. The van der Waals surface area contributed by atoms with E-state index in [-0.39, 0.29) is 24.0 Å². The molecule has 3 N–H and O–H groups in total. The lowest BCUT2D eigenvalue weighted by Gasteiger charge is -2.40. The van der Waals surface area contributed by atoms with Crippen molar-refractivity contribution in [3.63, 3.8) is 0 Å². The average Bonchev–Trinajstić information content (AvgIpc) is 3.20. The van der Waals surface area contributed by atoms with Crippen molar-refractivity contribution in [1.82, 2.24) is 10.5 Å². The molecule has 2 atom stereocenters. The number of amides is 1. The van der Waals surface area contributed by atoms with E-state index in [0.717, 1.165) is 5.56 Å². The van der Waals surface area contributed by atoms with Crippen LogP contribution < -0.4 is 11.1 Å². The molecule has 2 aromatic rings. The number of carbonyl (C=O) groups is 1. The van der Waals surface area contributed by atoms with Crippen LogP contribution in [0.25, 0.3) is 0 Å². The highest BCUT2D eigenvalue weighted by Crippen LogP contribution is 2.43. The first-order valence-corrected chi connectivity index (χ1v) is 11.2. The van der Waals surface area contributed by atoms with Crippen molar-refractivity contribution >= 4 is 50.1 Å². The number of thiophene rings is 1. The molecule has 0 spiro atoms. The molecule has 2 aromatic heterocycles. The number of amidine groups is 1. The van der Waals surface area contributed by atoms with E-state index < -0.39 is 19.8 Å². The predicted octanol–water partition coefficient (Wildman–Crippen LogP) is 2.40. The second-order valence-electron chi connectivity index (χ2n) is 7.24. The van der Waals surface area contributed by atoms with Crippen LogP contribution in [0, 0.1) is 0 Å². The number of carbonyl (C=O) groups excluding carboxylic acids is 1. The summed E-state index contributed by atoms with van der Waals surface area (Å²) in [6.07, 6.45) is 2.99. The summed E-state index contributed by atoms with van der Waals surface area (Å²) in [5.41, 5.74) is 5.97. The zero-order valence-electron chi connectivity index (χ0n) is 15.2. The summed E-state index contributed by atoms with van der Waals surface area (Å²) < 4.78 is 17.1. The molecule has 1 aliphatic rings. The van der Waals surface area contributed by atoms with E-state index >= 15 is 0 Å². The van der Waals surface area contributed by atoms with Gasteiger partial charge in [-0.05, 0) is 42.2 Å². The molecule has 1 amide bonds. The highest BCUT2D eigenvalue weighted by Gasteiger charge is 2.46. The molecular formula is C17H21ClN4O3S2. The van der Waals surface area contributed by atoms with Gasteiger partial charge in [-0.1, -0.05) is 16.8 Å². The van der Waals surface area contributed by atoms with Gasteiger partial charge >= 0.3 is 0 Å². The van der Waals surface area contributed by atoms with Gasteiger partial charge < -0.3 is 15.6 Å². The Hall–Kier alpha value is -1.84. The number of nitrogens with two attached hydrogens (primary N) is 1. The van der Waals surface area contributed by atoms with E-state index in [1.807, 2.05) is 6.92 Å². The monoisotopic (exact) mass is 428 g/mol. The summed E-state index contributed by atoms with van der Waals surface area (Å²) in [5, 5.41) is 6.76. The molecule has 27 heavy (non-hydrogen) atoms. The Bertz CT molecular complexity index is 1010. The molecule has 0 radical (unpaired) electrons. The lowest BCUT2D eigenvalue weighted by molar-refractivity contribution is 0.0955. The van der Waals surface area contributed by atoms with Crippen LogP contribution in [0.3, 0.4) is 0 Å². The molecule has 0 fully saturated rings. The maximum absolute atomic E-state index is 13.1. The first-order chi connectivity index (χ1) is 12.5. The minimum atomic E-state index is -2.56. The van der Waals surface area contributed by atoms with Gasteiger partial charge in [0.15, 0.2) is 0 Å². The normalized spacial score (nSPS) is 27.2. The van der Waals surface area contributed by atoms with Crippen LogP contribution in [-0.2, 0) is 21.6 Å². The molecule has 0 saturated carbocycles. The zero-order valence-corrected chi connectivity index (χ0v) is 17.6. The molecular weight excluding hydrogens is 408 g/mol. The van der Waals surface area contributed by atoms with Gasteiger partial charge in [-0.2, -0.15) is 0 Å². The number of aliphatic imine (C=N–C) groups is 1. The SMILES string of the molecule is C=S1(=O)C[C@@](C)(c2sc(C(=O)NCc3cnoc3)cc2Cl)N=C(N)C1(C)C. The number of nitrogens with one attached hydrogen (secondary N) is 1. The van der Waals surface area contributed by atoms with Gasteiger partial charge in [-0.3, -0.25) is 14.0 Å². The molecule has 0 saturated heterocycles. The minimum absolute atomic E-state index is 0.204. The van der Waals surface area contributed by atoms with E-state index in [1.54, 1.807) is 19.9 Å². The predicted molar refractivity (Wildman–Crippen MR) is 110 cm³/mol.